The van der Waals surface area contributed by atoms with Crippen molar-refractivity contribution in [1.29, 1.82) is 0 Å². The quantitative estimate of drug-likeness (QED) is 0.887. The van der Waals surface area contributed by atoms with Gasteiger partial charge in [-0.15, -0.1) is 0 Å². The standard InChI is InChI=1S/C16H23N3O/c20-16(15-5-2-8-19(15)14-3-1-4-14)18-13-9-11-6-7-12(10-13)17-11/h2,5,8,11-14,17H,1,3-4,6-7,9-10H2,(H,18,20). The Morgan fingerprint density at radius 1 is 1.20 bits per heavy atom. The summed E-state index contributed by atoms with van der Waals surface area (Å²) in [7, 11) is 0. The van der Waals surface area contributed by atoms with Gasteiger partial charge in [0.1, 0.15) is 5.69 Å². The average Bonchev–Trinajstić information content (AvgIpc) is 2.95. The summed E-state index contributed by atoms with van der Waals surface area (Å²) in [5.41, 5.74) is 0.848. The molecule has 1 aromatic heterocycles. The van der Waals surface area contributed by atoms with Crippen molar-refractivity contribution in [3.05, 3.63) is 24.0 Å². The lowest BCUT2D eigenvalue weighted by Gasteiger charge is -2.31. The first-order chi connectivity index (χ1) is 9.79. The van der Waals surface area contributed by atoms with Gasteiger partial charge in [-0.3, -0.25) is 4.79 Å². The summed E-state index contributed by atoms with van der Waals surface area (Å²) in [5.74, 6) is 0.119. The molecule has 2 atom stereocenters. The highest BCUT2D eigenvalue weighted by molar-refractivity contribution is 5.93. The van der Waals surface area contributed by atoms with E-state index in [2.05, 4.69) is 21.4 Å². The van der Waals surface area contributed by atoms with Gasteiger partial charge in [0.05, 0.1) is 0 Å². The minimum atomic E-state index is 0.119. The van der Waals surface area contributed by atoms with E-state index in [4.69, 9.17) is 0 Å². The molecule has 1 amide bonds. The van der Waals surface area contributed by atoms with E-state index in [0.717, 1.165) is 18.5 Å². The molecule has 2 saturated heterocycles. The zero-order chi connectivity index (χ0) is 13.5. The fourth-order valence-corrected chi connectivity index (χ4v) is 4.00. The number of aromatic nitrogens is 1. The van der Waals surface area contributed by atoms with Crippen LogP contribution >= 0.6 is 0 Å². The van der Waals surface area contributed by atoms with Crippen LogP contribution in [0.3, 0.4) is 0 Å². The third-order valence-corrected chi connectivity index (χ3v) is 5.29. The van der Waals surface area contributed by atoms with Crippen molar-refractivity contribution in [2.24, 2.45) is 0 Å². The summed E-state index contributed by atoms with van der Waals surface area (Å²) in [6.07, 6.45) is 10.5. The van der Waals surface area contributed by atoms with Crippen molar-refractivity contribution < 1.29 is 4.79 Å². The van der Waals surface area contributed by atoms with Gasteiger partial charge in [0.15, 0.2) is 0 Å². The molecule has 108 valence electrons. The fourth-order valence-electron chi connectivity index (χ4n) is 4.00. The van der Waals surface area contributed by atoms with E-state index in [-0.39, 0.29) is 5.91 Å². The molecule has 2 aliphatic heterocycles. The van der Waals surface area contributed by atoms with Gasteiger partial charge in [0.2, 0.25) is 0 Å². The highest BCUT2D eigenvalue weighted by Crippen LogP contribution is 2.33. The van der Waals surface area contributed by atoms with Gasteiger partial charge in [-0.05, 0) is 57.1 Å². The van der Waals surface area contributed by atoms with E-state index in [0.29, 0.717) is 24.2 Å². The van der Waals surface area contributed by atoms with Gasteiger partial charge in [-0.2, -0.15) is 0 Å². The molecule has 1 aliphatic carbocycles. The van der Waals surface area contributed by atoms with Crippen molar-refractivity contribution in [1.82, 2.24) is 15.2 Å². The lowest BCUT2D eigenvalue weighted by molar-refractivity contribution is 0.0908. The van der Waals surface area contributed by atoms with Crippen molar-refractivity contribution in [3.63, 3.8) is 0 Å². The second kappa shape index (κ2) is 4.92. The molecule has 1 saturated carbocycles. The van der Waals surface area contributed by atoms with Crippen LogP contribution in [0.5, 0.6) is 0 Å². The van der Waals surface area contributed by atoms with E-state index in [9.17, 15) is 4.79 Å². The number of nitrogens with one attached hydrogen (secondary N) is 2. The second-order valence-electron chi connectivity index (χ2n) is 6.67. The normalized spacial score (nSPS) is 32.9. The number of piperidine rings is 1. The van der Waals surface area contributed by atoms with Gasteiger partial charge in [0, 0.05) is 30.4 Å². The smallest absolute Gasteiger partial charge is 0.268 e. The van der Waals surface area contributed by atoms with Gasteiger partial charge in [-0.25, -0.2) is 0 Å². The van der Waals surface area contributed by atoms with Crippen LogP contribution in [-0.4, -0.2) is 28.6 Å². The maximum Gasteiger partial charge on any atom is 0.268 e. The zero-order valence-corrected chi connectivity index (χ0v) is 11.8. The number of nitrogens with zero attached hydrogens (tertiary/aromatic N) is 1. The number of fused-ring (bicyclic) bond motifs is 2. The third-order valence-electron chi connectivity index (χ3n) is 5.29. The summed E-state index contributed by atoms with van der Waals surface area (Å²) in [6, 6.07) is 6.11. The van der Waals surface area contributed by atoms with Gasteiger partial charge < -0.3 is 15.2 Å². The molecule has 4 nitrogen and oxygen atoms in total. The maximum atomic E-state index is 12.5. The molecular weight excluding hydrogens is 250 g/mol. The number of rotatable bonds is 3. The van der Waals surface area contributed by atoms with Crippen LogP contribution < -0.4 is 10.6 Å². The Labute approximate surface area is 119 Å². The van der Waals surface area contributed by atoms with Crippen LogP contribution in [-0.2, 0) is 0 Å². The van der Waals surface area contributed by atoms with Crippen LogP contribution in [0, 0.1) is 0 Å². The molecular formula is C16H23N3O. The SMILES string of the molecule is O=C(NC1CC2CCC(C1)N2)c1cccn1C1CCC1. The van der Waals surface area contributed by atoms with Crippen LogP contribution in [0.25, 0.3) is 0 Å². The fraction of sp³-hybridized carbons (Fsp3) is 0.688. The first-order valence-electron chi connectivity index (χ1n) is 8.03. The summed E-state index contributed by atoms with van der Waals surface area (Å²) in [6.45, 7) is 0. The van der Waals surface area contributed by atoms with Crippen molar-refractivity contribution in [3.8, 4) is 0 Å². The molecule has 4 heteroatoms. The first kappa shape index (κ1) is 12.5. The Kier molecular flexibility index (Phi) is 3.06. The molecule has 3 fully saturated rings. The molecule has 0 radical (unpaired) electrons. The Morgan fingerprint density at radius 2 is 1.95 bits per heavy atom. The topological polar surface area (TPSA) is 46.1 Å². The van der Waals surface area contributed by atoms with Crippen LogP contribution in [0.4, 0.5) is 0 Å². The van der Waals surface area contributed by atoms with Crippen molar-refractivity contribution in [2.45, 2.75) is 69.1 Å². The van der Waals surface area contributed by atoms with Gasteiger partial charge in [0.25, 0.3) is 5.91 Å². The Hall–Kier alpha value is -1.29. The number of amides is 1. The molecule has 0 aromatic carbocycles. The predicted molar refractivity (Wildman–Crippen MR) is 77.8 cm³/mol. The Balaban J connectivity index is 1.44. The van der Waals surface area contributed by atoms with Gasteiger partial charge in [-0.1, -0.05) is 0 Å². The molecule has 0 spiro atoms. The molecule has 2 unspecified atom stereocenters. The zero-order valence-electron chi connectivity index (χ0n) is 11.8. The summed E-state index contributed by atoms with van der Waals surface area (Å²) in [4.78, 5) is 12.5. The first-order valence-corrected chi connectivity index (χ1v) is 8.03. The van der Waals surface area contributed by atoms with E-state index in [1.807, 2.05) is 12.1 Å². The van der Waals surface area contributed by atoms with Gasteiger partial charge >= 0.3 is 0 Å². The Bertz CT molecular complexity index is 494. The van der Waals surface area contributed by atoms with Crippen molar-refractivity contribution in [2.75, 3.05) is 0 Å². The molecule has 2 N–H and O–H groups in total. The molecule has 4 rings (SSSR count). The van der Waals surface area contributed by atoms with E-state index in [1.54, 1.807) is 0 Å². The summed E-state index contributed by atoms with van der Waals surface area (Å²) in [5, 5.41) is 6.89. The van der Waals surface area contributed by atoms with Crippen LogP contribution in [0.15, 0.2) is 18.3 Å². The maximum absolute atomic E-state index is 12.5. The largest absolute Gasteiger partial charge is 0.348 e. The highest BCUT2D eigenvalue weighted by Gasteiger charge is 2.34. The number of carbonyl (C=O) groups is 1. The third kappa shape index (κ3) is 2.16. The van der Waals surface area contributed by atoms with Crippen molar-refractivity contribution >= 4 is 5.91 Å². The van der Waals surface area contributed by atoms with E-state index in [1.165, 1.54) is 32.1 Å². The molecule has 20 heavy (non-hydrogen) atoms. The number of hydrogen-bond acceptors (Lipinski definition) is 2. The minimum Gasteiger partial charge on any atom is -0.348 e. The number of hydrogen-bond donors (Lipinski definition) is 2. The lowest BCUT2D eigenvalue weighted by Crippen LogP contribution is -2.48. The molecule has 1 aromatic rings. The van der Waals surface area contributed by atoms with E-state index >= 15 is 0 Å². The monoisotopic (exact) mass is 273 g/mol. The highest BCUT2D eigenvalue weighted by atomic mass is 16.2. The molecule has 2 bridgehead atoms. The van der Waals surface area contributed by atoms with Crippen LogP contribution in [0.1, 0.15) is 61.5 Å². The molecule has 3 heterocycles. The molecule has 3 aliphatic rings. The van der Waals surface area contributed by atoms with E-state index < -0.39 is 0 Å². The summed E-state index contributed by atoms with van der Waals surface area (Å²) >= 11 is 0. The number of carbonyl (C=O) groups excluding carboxylic acids is 1. The summed E-state index contributed by atoms with van der Waals surface area (Å²) < 4.78 is 2.18. The average molecular weight is 273 g/mol. The Morgan fingerprint density at radius 3 is 2.60 bits per heavy atom. The lowest BCUT2D eigenvalue weighted by atomic mass is 9.92. The minimum absolute atomic E-state index is 0.119. The predicted octanol–water partition coefficient (Wildman–Crippen LogP) is 2.23. The second-order valence-corrected chi connectivity index (χ2v) is 6.67. The van der Waals surface area contributed by atoms with Crippen LogP contribution in [0.2, 0.25) is 0 Å².